The molecule has 2 heterocycles. The second kappa shape index (κ2) is 8.63. The standard InChI is InChI=1S/C21H32N4O2/c1-15-10-11-18(22-20(26)24-12-6-4-8-16(24)2)19(14-15)23-21(27)25-13-7-5-9-17(25)3/h10-11,14,16-17H,4-9,12-13H2,1-3H3,(H,22,26)(H,23,27)/t16-,17-/m1/s1. The number of carbonyl (C=O) groups is 2. The van der Waals surface area contributed by atoms with Crippen molar-refractivity contribution in [3.8, 4) is 0 Å². The van der Waals surface area contributed by atoms with E-state index in [1.54, 1.807) is 0 Å². The third-order valence-corrected chi connectivity index (χ3v) is 5.79. The van der Waals surface area contributed by atoms with Crippen molar-refractivity contribution in [3.05, 3.63) is 23.8 Å². The summed E-state index contributed by atoms with van der Waals surface area (Å²) in [4.78, 5) is 29.3. The maximum atomic E-state index is 12.8. The normalized spacial score (nSPS) is 23.1. The lowest BCUT2D eigenvalue weighted by molar-refractivity contribution is 0.169. The van der Waals surface area contributed by atoms with Crippen molar-refractivity contribution >= 4 is 23.4 Å². The molecule has 6 heteroatoms. The topological polar surface area (TPSA) is 64.7 Å². The molecule has 2 N–H and O–H groups in total. The summed E-state index contributed by atoms with van der Waals surface area (Å²) < 4.78 is 0. The fourth-order valence-electron chi connectivity index (χ4n) is 4.04. The van der Waals surface area contributed by atoms with E-state index in [9.17, 15) is 9.59 Å². The van der Waals surface area contributed by atoms with Crippen molar-refractivity contribution in [2.75, 3.05) is 23.7 Å². The van der Waals surface area contributed by atoms with E-state index in [-0.39, 0.29) is 24.1 Å². The molecule has 2 aliphatic rings. The summed E-state index contributed by atoms with van der Waals surface area (Å²) in [7, 11) is 0. The highest BCUT2D eigenvalue weighted by molar-refractivity contribution is 5.98. The van der Waals surface area contributed by atoms with Crippen LogP contribution in [-0.2, 0) is 0 Å². The van der Waals surface area contributed by atoms with E-state index in [4.69, 9.17) is 0 Å². The van der Waals surface area contributed by atoms with Crippen molar-refractivity contribution < 1.29 is 9.59 Å². The number of nitrogens with one attached hydrogen (secondary N) is 2. The van der Waals surface area contributed by atoms with E-state index in [0.717, 1.165) is 44.3 Å². The molecule has 148 valence electrons. The van der Waals surface area contributed by atoms with Gasteiger partial charge in [-0.25, -0.2) is 9.59 Å². The van der Waals surface area contributed by atoms with Crippen molar-refractivity contribution in [2.45, 2.75) is 71.4 Å². The van der Waals surface area contributed by atoms with Crippen LogP contribution in [0.15, 0.2) is 18.2 Å². The predicted molar refractivity (Wildman–Crippen MR) is 109 cm³/mol. The van der Waals surface area contributed by atoms with Crippen LogP contribution in [0.2, 0.25) is 0 Å². The molecule has 0 saturated carbocycles. The van der Waals surface area contributed by atoms with Gasteiger partial charge in [0.25, 0.3) is 0 Å². The number of benzene rings is 1. The summed E-state index contributed by atoms with van der Waals surface area (Å²) >= 11 is 0. The highest BCUT2D eigenvalue weighted by Gasteiger charge is 2.26. The van der Waals surface area contributed by atoms with Crippen LogP contribution in [-0.4, -0.2) is 47.0 Å². The first-order valence-corrected chi connectivity index (χ1v) is 10.2. The minimum atomic E-state index is -0.0899. The Morgan fingerprint density at radius 1 is 0.852 bits per heavy atom. The maximum absolute atomic E-state index is 12.8. The van der Waals surface area contributed by atoms with Crippen molar-refractivity contribution in [1.29, 1.82) is 0 Å². The molecule has 0 spiro atoms. The minimum absolute atomic E-state index is 0.0883. The molecule has 3 rings (SSSR count). The molecule has 0 radical (unpaired) electrons. The van der Waals surface area contributed by atoms with E-state index < -0.39 is 0 Å². The zero-order chi connectivity index (χ0) is 19.4. The maximum Gasteiger partial charge on any atom is 0.322 e. The van der Waals surface area contributed by atoms with E-state index in [1.807, 2.05) is 34.9 Å². The Labute approximate surface area is 162 Å². The zero-order valence-corrected chi connectivity index (χ0v) is 16.8. The van der Waals surface area contributed by atoms with E-state index in [0.29, 0.717) is 11.4 Å². The predicted octanol–water partition coefficient (Wildman–Crippen LogP) is 4.81. The Morgan fingerprint density at radius 2 is 1.37 bits per heavy atom. The largest absolute Gasteiger partial charge is 0.322 e. The average Bonchev–Trinajstić information content (AvgIpc) is 2.64. The molecule has 1 aromatic carbocycles. The van der Waals surface area contributed by atoms with Gasteiger partial charge in [0.05, 0.1) is 11.4 Å². The van der Waals surface area contributed by atoms with Crippen LogP contribution < -0.4 is 10.6 Å². The van der Waals surface area contributed by atoms with Gasteiger partial charge in [0, 0.05) is 25.2 Å². The van der Waals surface area contributed by atoms with Gasteiger partial charge < -0.3 is 20.4 Å². The van der Waals surface area contributed by atoms with Crippen LogP contribution in [0.5, 0.6) is 0 Å². The number of nitrogens with zero attached hydrogens (tertiary/aromatic N) is 2. The number of hydrogen-bond donors (Lipinski definition) is 2. The number of amides is 4. The van der Waals surface area contributed by atoms with Gasteiger partial charge in [0.2, 0.25) is 0 Å². The first-order chi connectivity index (χ1) is 13.0. The summed E-state index contributed by atoms with van der Waals surface area (Å²) in [5.41, 5.74) is 2.36. The highest BCUT2D eigenvalue weighted by atomic mass is 16.2. The van der Waals surface area contributed by atoms with Crippen LogP contribution in [0.25, 0.3) is 0 Å². The number of aryl methyl sites for hydroxylation is 1. The van der Waals surface area contributed by atoms with E-state index in [1.165, 1.54) is 12.8 Å². The molecule has 27 heavy (non-hydrogen) atoms. The molecule has 0 aromatic heterocycles. The molecule has 1 aromatic rings. The highest BCUT2D eigenvalue weighted by Crippen LogP contribution is 2.26. The van der Waals surface area contributed by atoms with Gasteiger partial charge in [0.15, 0.2) is 0 Å². The smallest absolute Gasteiger partial charge is 0.322 e. The zero-order valence-electron chi connectivity index (χ0n) is 16.8. The number of rotatable bonds is 2. The molecular weight excluding hydrogens is 340 g/mol. The molecule has 6 nitrogen and oxygen atoms in total. The lowest BCUT2D eigenvalue weighted by atomic mass is 10.0. The molecule has 2 fully saturated rings. The lowest BCUT2D eigenvalue weighted by Crippen LogP contribution is -2.45. The van der Waals surface area contributed by atoms with Crippen molar-refractivity contribution in [1.82, 2.24) is 9.80 Å². The Morgan fingerprint density at radius 3 is 1.89 bits per heavy atom. The van der Waals surface area contributed by atoms with Gasteiger partial charge in [-0.05, 0) is 77.0 Å². The van der Waals surface area contributed by atoms with Crippen LogP contribution in [0.4, 0.5) is 21.0 Å². The first-order valence-electron chi connectivity index (χ1n) is 10.2. The quantitative estimate of drug-likeness (QED) is 0.782. The minimum Gasteiger partial charge on any atom is -0.322 e. The Balaban J connectivity index is 1.72. The van der Waals surface area contributed by atoms with Crippen LogP contribution in [0.3, 0.4) is 0 Å². The first kappa shape index (κ1) is 19.5. The number of hydrogen-bond acceptors (Lipinski definition) is 2. The molecule has 4 amide bonds. The summed E-state index contributed by atoms with van der Waals surface area (Å²) in [5.74, 6) is 0. The SMILES string of the molecule is Cc1ccc(NC(=O)N2CCCC[C@H]2C)c(NC(=O)N2CCCC[C@H]2C)c1. The van der Waals surface area contributed by atoms with E-state index in [2.05, 4.69) is 24.5 Å². The lowest BCUT2D eigenvalue weighted by Gasteiger charge is -2.34. The van der Waals surface area contributed by atoms with E-state index >= 15 is 0 Å². The van der Waals surface area contributed by atoms with Crippen molar-refractivity contribution in [2.24, 2.45) is 0 Å². The molecular formula is C21H32N4O2. The number of anilines is 2. The Bertz CT molecular complexity index is 691. The monoisotopic (exact) mass is 372 g/mol. The molecule has 0 bridgehead atoms. The molecule has 2 saturated heterocycles. The van der Waals surface area contributed by atoms with Gasteiger partial charge in [-0.1, -0.05) is 6.07 Å². The van der Waals surface area contributed by atoms with Gasteiger partial charge in [-0.3, -0.25) is 0 Å². The summed E-state index contributed by atoms with van der Waals surface area (Å²) in [6, 6.07) is 6.06. The van der Waals surface area contributed by atoms with Crippen LogP contribution in [0.1, 0.15) is 57.9 Å². The number of piperidine rings is 2. The fourth-order valence-corrected chi connectivity index (χ4v) is 4.04. The number of urea groups is 2. The van der Waals surface area contributed by atoms with Gasteiger partial charge in [-0.2, -0.15) is 0 Å². The van der Waals surface area contributed by atoms with Crippen LogP contribution in [0, 0.1) is 6.92 Å². The molecule has 2 atom stereocenters. The number of carbonyl (C=O) groups excluding carboxylic acids is 2. The van der Waals surface area contributed by atoms with Gasteiger partial charge >= 0.3 is 12.1 Å². The second-order valence-corrected chi connectivity index (χ2v) is 7.99. The Hall–Kier alpha value is -2.24. The average molecular weight is 373 g/mol. The summed E-state index contributed by atoms with van der Waals surface area (Å²) in [6.45, 7) is 7.73. The molecule has 0 unspecified atom stereocenters. The third kappa shape index (κ3) is 4.73. The molecule has 0 aliphatic carbocycles. The summed E-state index contributed by atoms with van der Waals surface area (Å²) in [6.07, 6.45) is 6.51. The number of likely N-dealkylation sites (tertiary alicyclic amines) is 2. The third-order valence-electron chi connectivity index (χ3n) is 5.79. The molecule has 2 aliphatic heterocycles. The van der Waals surface area contributed by atoms with Crippen LogP contribution >= 0.6 is 0 Å². The summed E-state index contributed by atoms with van der Waals surface area (Å²) in [5, 5.41) is 6.04. The Kier molecular flexibility index (Phi) is 6.24. The second-order valence-electron chi connectivity index (χ2n) is 7.99. The van der Waals surface area contributed by atoms with Crippen molar-refractivity contribution in [3.63, 3.8) is 0 Å². The van der Waals surface area contributed by atoms with Gasteiger partial charge in [-0.15, -0.1) is 0 Å². The van der Waals surface area contributed by atoms with Gasteiger partial charge in [0.1, 0.15) is 0 Å². The fraction of sp³-hybridized carbons (Fsp3) is 0.619.